The zero-order valence-corrected chi connectivity index (χ0v) is 18.1. The highest BCUT2D eigenvalue weighted by molar-refractivity contribution is 5.26. The third-order valence-electron chi connectivity index (χ3n) is 6.70. The Morgan fingerprint density at radius 2 is 1.04 bits per heavy atom. The van der Waals surface area contributed by atoms with Crippen molar-refractivity contribution in [3.63, 3.8) is 0 Å². The highest BCUT2D eigenvalue weighted by atomic mass is 14.2. The summed E-state index contributed by atoms with van der Waals surface area (Å²) in [4.78, 5) is 0. The van der Waals surface area contributed by atoms with Crippen LogP contribution in [0.4, 0.5) is 0 Å². The van der Waals surface area contributed by atoms with Crippen LogP contribution in [-0.4, -0.2) is 0 Å². The van der Waals surface area contributed by atoms with Crippen molar-refractivity contribution in [3.8, 4) is 23.7 Å². The van der Waals surface area contributed by atoms with E-state index in [4.69, 9.17) is 0 Å². The van der Waals surface area contributed by atoms with Gasteiger partial charge in [0, 0.05) is 11.8 Å². The van der Waals surface area contributed by atoms with E-state index in [-0.39, 0.29) is 0 Å². The first kappa shape index (κ1) is 22.2. The van der Waals surface area contributed by atoms with Crippen molar-refractivity contribution in [2.45, 2.75) is 110 Å². The standard InChI is InChI=1S/C27H42/c1-3-5-9-13-25-20-22-27(23-21-25)15-11-8-7-10-14-26-18-16-24(17-19-26)12-6-4-2/h7-8,24-27H,3-6,9,12-13,16-23H2,1-2H3. The smallest absolute Gasteiger partial charge is 0.0206 e. The predicted molar refractivity (Wildman–Crippen MR) is 119 cm³/mol. The monoisotopic (exact) mass is 366 g/mol. The summed E-state index contributed by atoms with van der Waals surface area (Å²) in [7, 11) is 0. The number of rotatable bonds is 7. The number of hydrogen-bond acceptors (Lipinski definition) is 0. The lowest BCUT2D eigenvalue weighted by molar-refractivity contribution is 0.294. The summed E-state index contributed by atoms with van der Waals surface area (Å²) in [6.45, 7) is 4.59. The Balaban J connectivity index is 1.59. The van der Waals surface area contributed by atoms with Gasteiger partial charge in [-0.2, -0.15) is 0 Å². The van der Waals surface area contributed by atoms with Gasteiger partial charge in [-0.3, -0.25) is 0 Å². The fraction of sp³-hybridized carbons (Fsp3) is 0.778. The molecule has 2 saturated carbocycles. The summed E-state index contributed by atoms with van der Waals surface area (Å²) < 4.78 is 0. The third-order valence-corrected chi connectivity index (χ3v) is 6.70. The first-order valence-corrected chi connectivity index (χ1v) is 12.0. The molecule has 0 spiro atoms. The van der Waals surface area contributed by atoms with Gasteiger partial charge in [-0.1, -0.05) is 82.5 Å². The quantitative estimate of drug-likeness (QED) is 0.317. The molecule has 0 atom stereocenters. The van der Waals surface area contributed by atoms with Gasteiger partial charge >= 0.3 is 0 Å². The molecule has 0 unspecified atom stereocenters. The van der Waals surface area contributed by atoms with Crippen LogP contribution in [0.2, 0.25) is 0 Å². The van der Waals surface area contributed by atoms with E-state index in [2.05, 4.69) is 37.5 Å². The van der Waals surface area contributed by atoms with Crippen molar-refractivity contribution in [1.29, 1.82) is 0 Å². The zero-order valence-electron chi connectivity index (χ0n) is 18.1. The Morgan fingerprint density at radius 3 is 1.48 bits per heavy atom. The topological polar surface area (TPSA) is 0 Å². The molecule has 0 heteroatoms. The fourth-order valence-electron chi connectivity index (χ4n) is 4.78. The van der Waals surface area contributed by atoms with Crippen molar-refractivity contribution in [2.75, 3.05) is 0 Å². The predicted octanol–water partition coefficient (Wildman–Crippen LogP) is 7.93. The van der Waals surface area contributed by atoms with E-state index >= 15 is 0 Å². The molecule has 0 aromatic carbocycles. The Hall–Kier alpha value is -1.14. The second-order valence-corrected chi connectivity index (χ2v) is 8.98. The molecule has 2 rings (SSSR count). The summed E-state index contributed by atoms with van der Waals surface area (Å²) in [5.41, 5.74) is 0. The molecule has 0 saturated heterocycles. The highest BCUT2D eigenvalue weighted by Crippen LogP contribution is 2.32. The van der Waals surface area contributed by atoms with Crippen LogP contribution in [0.5, 0.6) is 0 Å². The minimum Gasteiger partial charge on any atom is -0.0951 e. The van der Waals surface area contributed by atoms with E-state index in [9.17, 15) is 0 Å². The number of allylic oxidation sites excluding steroid dienone is 2. The van der Waals surface area contributed by atoms with Gasteiger partial charge in [-0.15, -0.1) is 0 Å². The summed E-state index contributed by atoms with van der Waals surface area (Å²) in [5, 5.41) is 0. The first-order valence-electron chi connectivity index (χ1n) is 12.0. The molecule has 0 heterocycles. The van der Waals surface area contributed by atoms with E-state index in [1.165, 1.54) is 96.3 Å². The van der Waals surface area contributed by atoms with E-state index in [1.54, 1.807) is 0 Å². The molecule has 0 bridgehead atoms. The van der Waals surface area contributed by atoms with Crippen molar-refractivity contribution in [2.24, 2.45) is 23.7 Å². The molecule has 0 radical (unpaired) electrons. The fourth-order valence-corrected chi connectivity index (χ4v) is 4.78. The van der Waals surface area contributed by atoms with Crippen molar-refractivity contribution in [1.82, 2.24) is 0 Å². The molecule has 0 N–H and O–H groups in total. The molecule has 150 valence electrons. The SMILES string of the molecule is CCCCCC1CCC(C#CC=CC#CC2CCC(CCCC)CC2)CC1. The maximum Gasteiger partial charge on any atom is 0.0206 e. The molecule has 0 aromatic heterocycles. The minimum absolute atomic E-state index is 0.628. The number of hydrogen-bond donors (Lipinski definition) is 0. The molecule has 0 aromatic rings. The van der Waals surface area contributed by atoms with Gasteiger partial charge in [0.1, 0.15) is 0 Å². The maximum absolute atomic E-state index is 3.47. The van der Waals surface area contributed by atoms with Crippen LogP contribution in [0.3, 0.4) is 0 Å². The van der Waals surface area contributed by atoms with Crippen LogP contribution in [0.25, 0.3) is 0 Å². The van der Waals surface area contributed by atoms with Crippen molar-refractivity contribution in [3.05, 3.63) is 12.2 Å². The van der Waals surface area contributed by atoms with E-state index in [0.717, 1.165) is 11.8 Å². The van der Waals surface area contributed by atoms with Crippen LogP contribution in [0.15, 0.2) is 12.2 Å². The van der Waals surface area contributed by atoms with Gasteiger partial charge in [-0.25, -0.2) is 0 Å². The molecule has 2 aliphatic rings. The molecule has 2 fully saturated rings. The molecule has 2 aliphatic carbocycles. The molecule has 0 aliphatic heterocycles. The second kappa shape index (κ2) is 13.9. The molecule has 27 heavy (non-hydrogen) atoms. The second-order valence-electron chi connectivity index (χ2n) is 8.98. The van der Waals surface area contributed by atoms with Gasteiger partial charge in [0.05, 0.1) is 0 Å². The molecule has 0 amide bonds. The van der Waals surface area contributed by atoms with E-state index in [1.807, 2.05) is 12.2 Å². The number of unbranched alkanes of at least 4 members (excludes halogenated alkanes) is 3. The van der Waals surface area contributed by atoms with Gasteiger partial charge in [-0.05, 0) is 75.4 Å². The van der Waals surface area contributed by atoms with Crippen molar-refractivity contribution < 1.29 is 0 Å². The average Bonchev–Trinajstić information content (AvgIpc) is 2.71. The lowest BCUT2D eigenvalue weighted by Crippen LogP contribution is -2.13. The van der Waals surface area contributed by atoms with E-state index in [0.29, 0.717) is 11.8 Å². The Bertz CT molecular complexity index is 516. The Labute approximate surface area is 170 Å². The lowest BCUT2D eigenvalue weighted by Gasteiger charge is -2.25. The van der Waals surface area contributed by atoms with Gasteiger partial charge in [0.15, 0.2) is 0 Å². The van der Waals surface area contributed by atoms with Crippen molar-refractivity contribution >= 4 is 0 Å². The van der Waals surface area contributed by atoms with Crippen LogP contribution in [0, 0.1) is 47.4 Å². The summed E-state index contributed by atoms with van der Waals surface area (Å²) in [5.74, 6) is 16.7. The van der Waals surface area contributed by atoms with Crippen LogP contribution >= 0.6 is 0 Å². The molecular weight excluding hydrogens is 324 g/mol. The molecule has 0 nitrogen and oxygen atoms in total. The Kier molecular flexibility index (Phi) is 11.4. The summed E-state index contributed by atoms with van der Waals surface area (Å²) >= 11 is 0. The van der Waals surface area contributed by atoms with Gasteiger partial charge < -0.3 is 0 Å². The summed E-state index contributed by atoms with van der Waals surface area (Å²) in [6, 6.07) is 0. The zero-order chi connectivity index (χ0) is 19.2. The Morgan fingerprint density at radius 1 is 0.593 bits per heavy atom. The molecular formula is C27H42. The van der Waals surface area contributed by atoms with Gasteiger partial charge in [0.2, 0.25) is 0 Å². The normalized spacial score (nSPS) is 28.2. The van der Waals surface area contributed by atoms with Crippen LogP contribution in [0.1, 0.15) is 110 Å². The minimum atomic E-state index is 0.628. The highest BCUT2D eigenvalue weighted by Gasteiger charge is 2.19. The first-order chi connectivity index (χ1) is 13.3. The largest absolute Gasteiger partial charge is 0.0951 e. The van der Waals surface area contributed by atoms with E-state index < -0.39 is 0 Å². The van der Waals surface area contributed by atoms with Crippen LogP contribution < -0.4 is 0 Å². The maximum atomic E-state index is 3.47. The average molecular weight is 367 g/mol. The third kappa shape index (κ3) is 9.56. The van der Waals surface area contributed by atoms with Gasteiger partial charge in [0.25, 0.3) is 0 Å². The van der Waals surface area contributed by atoms with Crippen LogP contribution in [-0.2, 0) is 0 Å². The summed E-state index contributed by atoms with van der Waals surface area (Å²) in [6.07, 6.45) is 24.6. The lowest BCUT2D eigenvalue weighted by atomic mass is 9.80.